The first kappa shape index (κ1) is 17.4. The van der Waals surface area contributed by atoms with Crippen LogP contribution in [0.2, 0.25) is 0 Å². The number of pyridine rings is 1. The highest BCUT2D eigenvalue weighted by Gasteiger charge is 2.24. The van der Waals surface area contributed by atoms with Crippen molar-refractivity contribution in [2.45, 2.75) is 39.2 Å². The van der Waals surface area contributed by atoms with Crippen LogP contribution in [0.5, 0.6) is 0 Å². The van der Waals surface area contributed by atoms with E-state index in [9.17, 15) is 9.59 Å². The highest BCUT2D eigenvalue weighted by atomic mass is 16.2. The maximum absolute atomic E-state index is 12.4. The third-order valence-corrected chi connectivity index (χ3v) is 4.94. The third kappa shape index (κ3) is 3.97. The number of carbonyl (C=O) groups excluding carboxylic acids is 1. The molecule has 1 saturated heterocycles. The molecule has 134 valence electrons. The van der Waals surface area contributed by atoms with Gasteiger partial charge in [-0.3, -0.25) is 14.3 Å². The van der Waals surface area contributed by atoms with Gasteiger partial charge in [0.2, 0.25) is 5.91 Å². The second-order valence-electron chi connectivity index (χ2n) is 6.63. The van der Waals surface area contributed by atoms with Crippen molar-refractivity contribution in [3.63, 3.8) is 0 Å². The van der Waals surface area contributed by atoms with Crippen molar-refractivity contribution in [3.8, 4) is 0 Å². The molecule has 0 unspecified atom stereocenters. The van der Waals surface area contributed by atoms with Crippen LogP contribution in [0.1, 0.15) is 31.2 Å². The van der Waals surface area contributed by atoms with E-state index in [1.807, 2.05) is 24.0 Å². The summed E-state index contributed by atoms with van der Waals surface area (Å²) in [6.45, 7) is 4.16. The molecule has 1 fully saturated rings. The van der Waals surface area contributed by atoms with Gasteiger partial charge >= 0.3 is 5.69 Å². The molecule has 7 heteroatoms. The molecule has 0 N–H and O–H groups in total. The lowest BCUT2D eigenvalue weighted by atomic mass is 9.93. The van der Waals surface area contributed by atoms with E-state index in [2.05, 4.69) is 10.1 Å². The van der Waals surface area contributed by atoms with Crippen molar-refractivity contribution in [1.29, 1.82) is 0 Å². The second-order valence-corrected chi connectivity index (χ2v) is 6.63. The van der Waals surface area contributed by atoms with E-state index in [4.69, 9.17) is 0 Å². The number of nitrogens with zero attached hydrogens (tertiary/aromatic N) is 5. The lowest BCUT2D eigenvalue weighted by molar-refractivity contribution is -0.131. The van der Waals surface area contributed by atoms with E-state index in [1.54, 1.807) is 24.0 Å². The third-order valence-electron chi connectivity index (χ3n) is 4.94. The highest BCUT2D eigenvalue weighted by molar-refractivity contribution is 5.78. The van der Waals surface area contributed by atoms with Crippen LogP contribution in [-0.2, 0) is 31.2 Å². The van der Waals surface area contributed by atoms with Gasteiger partial charge in [-0.2, -0.15) is 5.10 Å². The van der Waals surface area contributed by atoms with Gasteiger partial charge in [0, 0.05) is 45.5 Å². The molecule has 1 aliphatic rings. The maximum Gasteiger partial charge on any atom is 0.345 e. The van der Waals surface area contributed by atoms with Gasteiger partial charge in [0.25, 0.3) is 0 Å². The summed E-state index contributed by atoms with van der Waals surface area (Å²) in [4.78, 5) is 30.3. The summed E-state index contributed by atoms with van der Waals surface area (Å²) in [5.41, 5.74) is 0.949. The molecule has 2 aromatic rings. The Bertz CT molecular complexity index is 773. The van der Waals surface area contributed by atoms with E-state index in [-0.39, 0.29) is 11.6 Å². The fraction of sp³-hybridized carbons (Fsp3) is 0.556. The molecular formula is C18H25N5O2. The van der Waals surface area contributed by atoms with Crippen LogP contribution in [0, 0.1) is 5.92 Å². The Morgan fingerprint density at radius 3 is 2.56 bits per heavy atom. The predicted molar refractivity (Wildman–Crippen MR) is 94.1 cm³/mol. The fourth-order valence-electron chi connectivity index (χ4n) is 3.46. The molecule has 3 rings (SSSR count). The Morgan fingerprint density at radius 2 is 1.92 bits per heavy atom. The Labute approximate surface area is 147 Å². The molecule has 0 saturated carbocycles. The van der Waals surface area contributed by atoms with Gasteiger partial charge in [-0.05, 0) is 43.4 Å². The van der Waals surface area contributed by atoms with Crippen LogP contribution in [0.3, 0.4) is 0 Å². The van der Waals surface area contributed by atoms with Crippen molar-refractivity contribution in [3.05, 3.63) is 46.4 Å². The zero-order chi connectivity index (χ0) is 17.8. The Kier molecular flexibility index (Phi) is 5.31. The number of piperidine rings is 1. The minimum absolute atomic E-state index is 0.0533. The number of hydrogen-bond donors (Lipinski definition) is 0. The molecule has 3 heterocycles. The van der Waals surface area contributed by atoms with Crippen LogP contribution >= 0.6 is 0 Å². The van der Waals surface area contributed by atoms with E-state index in [1.165, 1.54) is 4.68 Å². The van der Waals surface area contributed by atoms with E-state index in [0.29, 0.717) is 18.9 Å². The van der Waals surface area contributed by atoms with Crippen LogP contribution in [0.25, 0.3) is 0 Å². The largest absolute Gasteiger partial charge is 0.345 e. The minimum atomic E-state index is -0.0533. The van der Waals surface area contributed by atoms with Gasteiger partial charge < -0.3 is 4.90 Å². The highest BCUT2D eigenvalue weighted by Crippen LogP contribution is 2.21. The Balaban J connectivity index is 1.54. The van der Waals surface area contributed by atoms with E-state index < -0.39 is 0 Å². The number of hydrogen-bond acceptors (Lipinski definition) is 4. The van der Waals surface area contributed by atoms with Crippen molar-refractivity contribution < 1.29 is 4.79 Å². The summed E-state index contributed by atoms with van der Waals surface area (Å²) in [6.07, 6.45) is 6.58. The van der Waals surface area contributed by atoms with Crippen LogP contribution in [0.15, 0.2) is 29.3 Å². The summed E-state index contributed by atoms with van der Waals surface area (Å²) in [6, 6.07) is 3.77. The van der Waals surface area contributed by atoms with Crippen LogP contribution in [-0.4, -0.2) is 43.2 Å². The number of carbonyl (C=O) groups is 1. The van der Waals surface area contributed by atoms with Crippen molar-refractivity contribution in [2.75, 3.05) is 13.1 Å². The number of aromatic nitrogens is 4. The Morgan fingerprint density at radius 1 is 1.24 bits per heavy atom. The van der Waals surface area contributed by atoms with Gasteiger partial charge in [-0.15, -0.1) is 0 Å². The first-order valence-electron chi connectivity index (χ1n) is 8.88. The molecule has 2 aromatic heterocycles. The first-order valence-corrected chi connectivity index (χ1v) is 8.88. The summed E-state index contributed by atoms with van der Waals surface area (Å²) in [5, 5.41) is 4.37. The quantitative estimate of drug-likeness (QED) is 0.812. The zero-order valence-corrected chi connectivity index (χ0v) is 14.9. The first-order chi connectivity index (χ1) is 12.1. The molecule has 0 atom stereocenters. The summed E-state index contributed by atoms with van der Waals surface area (Å²) in [5.74, 6) is 1.50. The minimum Gasteiger partial charge on any atom is -0.342 e. The molecule has 1 amide bonds. The average Bonchev–Trinajstić information content (AvgIpc) is 2.89. The normalized spacial score (nSPS) is 15.5. The zero-order valence-electron chi connectivity index (χ0n) is 14.9. The van der Waals surface area contributed by atoms with E-state index in [0.717, 1.165) is 43.7 Å². The second kappa shape index (κ2) is 7.63. The molecular weight excluding hydrogens is 318 g/mol. The van der Waals surface area contributed by atoms with Crippen LogP contribution in [0.4, 0.5) is 0 Å². The van der Waals surface area contributed by atoms with E-state index >= 15 is 0 Å². The van der Waals surface area contributed by atoms with Crippen molar-refractivity contribution in [2.24, 2.45) is 13.0 Å². The van der Waals surface area contributed by atoms with Crippen molar-refractivity contribution >= 4 is 5.91 Å². The molecule has 0 aliphatic carbocycles. The number of rotatable bonds is 5. The number of likely N-dealkylation sites (tertiary alicyclic amines) is 1. The van der Waals surface area contributed by atoms with Gasteiger partial charge in [-0.1, -0.05) is 0 Å². The fourth-order valence-corrected chi connectivity index (χ4v) is 3.46. The Hall–Kier alpha value is -2.44. The van der Waals surface area contributed by atoms with Gasteiger partial charge in [0.15, 0.2) is 0 Å². The molecule has 7 nitrogen and oxygen atoms in total. The SMILES string of the molecule is CCn1c(CC2CCN(C(=O)Cc3ccncc3)CC2)nn(C)c1=O. The molecule has 0 aromatic carbocycles. The summed E-state index contributed by atoms with van der Waals surface area (Å²) in [7, 11) is 1.69. The van der Waals surface area contributed by atoms with Gasteiger partial charge in [0.1, 0.15) is 5.82 Å². The van der Waals surface area contributed by atoms with Gasteiger partial charge in [-0.25, -0.2) is 9.48 Å². The molecule has 0 radical (unpaired) electrons. The summed E-state index contributed by atoms with van der Waals surface area (Å²) >= 11 is 0. The average molecular weight is 343 g/mol. The van der Waals surface area contributed by atoms with Gasteiger partial charge in [0.05, 0.1) is 6.42 Å². The predicted octanol–water partition coefficient (Wildman–Crippen LogP) is 1.02. The number of aryl methyl sites for hydroxylation is 1. The van der Waals surface area contributed by atoms with Crippen LogP contribution < -0.4 is 5.69 Å². The molecule has 0 bridgehead atoms. The lowest BCUT2D eigenvalue weighted by Crippen LogP contribution is -2.40. The lowest BCUT2D eigenvalue weighted by Gasteiger charge is -2.32. The number of amides is 1. The summed E-state index contributed by atoms with van der Waals surface area (Å²) < 4.78 is 3.15. The van der Waals surface area contributed by atoms with Crippen molar-refractivity contribution in [1.82, 2.24) is 24.2 Å². The molecule has 25 heavy (non-hydrogen) atoms. The molecule has 1 aliphatic heterocycles. The molecule has 0 spiro atoms. The standard InChI is InChI=1S/C18H25N5O2/c1-3-23-16(20-21(2)18(23)25)12-15-6-10-22(11-7-15)17(24)13-14-4-8-19-9-5-14/h4-5,8-9,15H,3,6-7,10-13H2,1-2H3. The topological polar surface area (TPSA) is 73.0 Å². The monoisotopic (exact) mass is 343 g/mol. The maximum atomic E-state index is 12.4. The smallest absolute Gasteiger partial charge is 0.342 e.